The van der Waals surface area contributed by atoms with Gasteiger partial charge in [0.25, 0.3) is 0 Å². The maximum absolute atomic E-state index is 2.16. The first-order valence-electron chi connectivity index (χ1n) is 3.24. The SMILES string of the molecule is Cc1cccc(C)c1C.P. The van der Waals surface area contributed by atoms with Gasteiger partial charge in [0.2, 0.25) is 0 Å². The Balaban J connectivity index is 0.000000810. The zero-order valence-corrected chi connectivity index (χ0v) is 8.35. The monoisotopic (exact) mass is 154 g/mol. The Morgan fingerprint density at radius 1 is 0.900 bits per heavy atom. The first kappa shape index (κ1) is 9.65. The van der Waals surface area contributed by atoms with Crippen LogP contribution in [0, 0.1) is 20.8 Å². The molecule has 0 aliphatic heterocycles. The van der Waals surface area contributed by atoms with E-state index in [9.17, 15) is 0 Å². The lowest BCUT2D eigenvalue weighted by molar-refractivity contribution is 1.27. The van der Waals surface area contributed by atoms with Crippen LogP contribution in [0.15, 0.2) is 18.2 Å². The molecule has 1 heteroatoms. The summed E-state index contributed by atoms with van der Waals surface area (Å²) in [5, 5.41) is 0. The van der Waals surface area contributed by atoms with E-state index in [1.807, 2.05) is 0 Å². The third kappa shape index (κ3) is 1.82. The summed E-state index contributed by atoms with van der Waals surface area (Å²) in [6.07, 6.45) is 0. The summed E-state index contributed by atoms with van der Waals surface area (Å²) in [5.41, 5.74) is 4.18. The van der Waals surface area contributed by atoms with Crippen LogP contribution in [0.3, 0.4) is 0 Å². The molecule has 56 valence electrons. The van der Waals surface area contributed by atoms with E-state index in [1.54, 1.807) is 0 Å². The Labute approximate surface area is 66.3 Å². The maximum Gasteiger partial charge on any atom is -0.0392 e. The minimum atomic E-state index is 0. The smallest absolute Gasteiger partial charge is 0.0392 e. The highest BCUT2D eigenvalue weighted by atomic mass is 31.0. The van der Waals surface area contributed by atoms with Crippen LogP contribution in [0.25, 0.3) is 0 Å². The Morgan fingerprint density at radius 2 is 1.30 bits per heavy atom. The van der Waals surface area contributed by atoms with Gasteiger partial charge in [-0.2, -0.15) is 9.90 Å². The molecule has 1 unspecified atom stereocenters. The molecule has 0 radical (unpaired) electrons. The Kier molecular flexibility index (Phi) is 3.60. The van der Waals surface area contributed by atoms with E-state index in [1.165, 1.54) is 16.7 Å². The van der Waals surface area contributed by atoms with Gasteiger partial charge in [-0.15, -0.1) is 0 Å². The van der Waals surface area contributed by atoms with Gasteiger partial charge in [-0.1, -0.05) is 18.2 Å². The van der Waals surface area contributed by atoms with Crippen molar-refractivity contribution in [1.82, 2.24) is 0 Å². The molecule has 1 atom stereocenters. The molecule has 1 aromatic rings. The first-order chi connectivity index (χ1) is 4.22. The summed E-state index contributed by atoms with van der Waals surface area (Å²) in [5.74, 6) is 0. The van der Waals surface area contributed by atoms with Gasteiger partial charge in [0, 0.05) is 0 Å². The number of rotatable bonds is 0. The molecule has 0 amide bonds. The zero-order chi connectivity index (χ0) is 6.85. The molecule has 0 aliphatic carbocycles. The van der Waals surface area contributed by atoms with E-state index in [0.29, 0.717) is 0 Å². The lowest BCUT2D eigenvalue weighted by Gasteiger charge is -2.00. The Morgan fingerprint density at radius 3 is 1.60 bits per heavy atom. The molecule has 10 heavy (non-hydrogen) atoms. The van der Waals surface area contributed by atoms with E-state index in [0.717, 1.165) is 0 Å². The third-order valence-electron chi connectivity index (χ3n) is 1.88. The molecule has 1 aromatic carbocycles. The average molecular weight is 154 g/mol. The van der Waals surface area contributed by atoms with Gasteiger partial charge in [0.05, 0.1) is 0 Å². The van der Waals surface area contributed by atoms with E-state index < -0.39 is 0 Å². The van der Waals surface area contributed by atoms with Crippen molar-refractivity contribution in [2.24, 2.45) is 0 Å². The molecule has 0 fully saturated rings. The van der Waals surface area contributed by atoms with E-state index in [4.69, 9.17) is 0 Å². The lowest BCUT2D eigenvalue weighted by atomic mass is 10.1. The van der Waals surface area contributed by atoms with Crippen LogP contribution in [-0.2, 0) is 0 Å². The molecule has 0 aromatic heterocycles. The molecule has 0 saturated heterocycles. The van der Waals surface area contributed by atoms with Crippen molar-refractivity contribution < 1.29 is 0 Å². The second-order valence-electron chi connectivity index (χ2n) is 2.52. The van der Waals surface area contributed by atoms with Crippen molar-refractivity contribution in [1.29, 1.82) is 0 Å². The summed E-state index contributed by atoms with van der Waals surface area (Å²) in [4.78, 5) is 0. The summed E-state index contributed by atoms with van der Waals surface area (Å²) >= 11 is 0. The molecule has 0 N–H and O–H groups in total. The normalized spacial score (nSPS) is 8.70. The highest BCUT2D eigenvalue weighted by molar-refractivity contribution is 6.92. The fraction of sp³-hybridized carbons (Fsp3) is 0.333. The first-order valence-corrected chi connectivity index (χ1v) is 3.24. The average Bonchev–Trinajstić information content (AvgIpc) is 1.83. The summed E-state index contributed by atoms with van der Waals surface area (Å²) in [7, 11) is 0. The van der Waals surface area contributed by atoms with Crippen molar-refractivity contribution in [3.63, 3.8) is 0 Å². The fourth-order valence-electron chi connectivity index (χ4n) is 0.898. The van der Waals surface area contributed by atoms with Crippen molar-refractivity contribution in [3.8, 4) is 0 Å². The van der Waals surface area contributed by atoms with Crippen LogP contribution in [0.1, 0.15) is 16.7 Å². The van der Waals surface area contributed by atoms with E-state index >= 15 is 0 Å². The van der Waals surface area contributed by atoms with Crippen LogP contribution in [0.2, 0.25) is 0 Å². The molecular formula is C9H15P. The molecule has 0 spiro atoms. The Hall–Kier alpha value is -0.350. The standard InChI is InChI=1S/C9H12.H3P/c1-7-5-4-6-8(2)9(7)3;/h4-6H,1-3H3;1H3. The second kappa shape index (κ2) is 3.73. The van der Waals surface area contributed by atoms with E-state index in [-0.39, 0.29) is 9.90 Å². The van der Waals surface area contributed by atoms with E-state index in [2.05, 4.69) is 39.0 Å². The van der Waals surface area contributed by atoms with Crippen molar-refractivity contribution in [2.45, 2.75) is 20.8 Å². The molecule has 0 saturated carbocycles. The maximum atomic E-state index is 2.16. The molecule has 1 rings (SSSR count). The predicted octanol–water partition coefficient (Wildman–Crippen LogP) is 2.67. The van der Waals surface area contributed by atoms with Gasteiger partial charge in [0.15, 0.2) is 0 Å². The Bertz CT molecular complexity index is 196. The number of hydrogen-bond donors (Lipinski definition) is 0. The quantitative estimate of drug-likeness (QED) is 0.504. The van der Waals surface area contributed by atoms with Gasteiger partial charge in [-0.25, -0.2) is 0 Å². The minimum absolute atomic E-state index is 0. The summed E-state index contributed by atoms with van der Waals surface area (Å²) < 4.78 is 0. The van der Waals surface area contributed by atoms with Gasteiger partial charge < -0.3 is 0 Å². The largest absolute Gasteiger partial charge is 0.153 e. The molecular weight excluding hydrogens is 139 g/mol. The van der Waals surface area contributed by atoms with Crippen LogP contribution in [0.5, 0.6) is 0 Å². The van der Waals surface area contributed by atoms with Gasteiger partial charge >= 0.3 is 0 Å². The topological polar surface area (TPSA) is 0 Å². The van der Waals surface area contributed by atoms with Crippen molar-refractivity contribution >= 4 is 9.90 Å². The molecule has 0 bridgehead atoms. The number of benzene rings is 1. The summed E-state index contributed by atoms with van der Waals surface area (Å²) in [6, 6.07) is 6.38. The van der Waals surface area contributed by atoms with Crippen LogP contribution in [0.4, 0.5) is 0 Å². The highest BCUT2D eigenvalue weighted by Gasteiger charge is 1.91. The minimum Gasteiger partial charge on any atom is -0.153 e. The fourth-order valence-corrected chi connectivity index (χ4v) is 0.898. The number of hydrogen-bond acceptors (Lipinski definition) is 0. The van der Waals surface area contributed by atoms with Crippen LogP contribution < -0.4 is 0 Å². The van der Waals surface area contributed by atoms with Gasteiger partial charge in [-0.05, 0) is 37.5 Å². The molecule has 0 aliphatic rings. The lowest BCUT2D eigenvalue weighted by Crippen LogP contribution is -1.82. The van der Waals surface area contributed by atoms with Crippen LogP contribution in [-0.4, -0.2) is 0 Å². The number of aryl methyl sites for hydroxylation is 2. The predicted molar refractivity (Wildman–Crippen MR) is 51.8 cm³/mol. The summed E-state index contributed by atoms with van der Waals surface area (Å²) in [6.45, 7) is 6.44. The van der Waals surface area contributed by atoms with Gasteiger partial charge in [0.1, 0.15) is 0 Å². The molecule has 0 nitrogen and oxygen atoms in total. The van der Waals surface area contributed by atoms with Crippen molar-refractivity contribution in [3.05, 3.63) is 34.9 Å². The molecule has 0 heterocycles. The van der Waals surface area contributed by atoms with Gasteiger partial charge in [-0.3, -0.25) is 0 Å². The second-order valence-corrected chi connectivity index (χ2v) is 2.52. The highest BCUT2D eigenvalue weighted by Crippen LogP contribution is 2.09. The van der Waals surface area contributed by atoms with Crippen molar-refractivity contribution in [2.75, 3.05) is 0 Å². The zero-order valence-electron chi connectivity index (χ0n) is 6.94. The van der Waals surface area contributed by atoms with Crippen LogP contribution >= 0.6 is 9.90 Å². The third-order valence-corrected chi connectivity index (χ3v) is 1.88.